The van der Waals surface area contributed by atoms with Crippen molar-refractivity contribution in [2.45, 2.75) is 33.2 Å². The van der Waals surface area contributed by atoms with Crippen LogP contribution in [0.2, 0.25) is 0 Å². The molecule has 2 aromatic heterocycles. The minimum Gasteiger partial charge on any atom is -0.441 e. The fourth-order valence-corrected chi connectivity index (χ4v) is 2.35. The highest BCUT2D eigenvalue weighted by molar-refractivity contribution is 5.90. The molecule has 0 spiro atoms. The number of urea groups is 1. The molecule has 1 aromatic carbocycles. The summed E-state index contributed by atoms with van der Waals surface area (Å²) >= 11 is 0. The van der Waals surface area contributed by atoms with E-state index in [2.05, 4.69) is 25.8 Å². The second-order valence-corrected chi connectivity index (χ2v) is 5.59. The van der Waals surface area contributed by atoms with Crippen molar-refractivity contribution in [2.24, 2.45) is 0 Å². The summed E-state index contributed by atoms with van der Waals surface area (Å²) in [7, 11) is 0. The van der Waals surface area contributed by atoms with Crippen LogP contribution in [0.15, 0.2) is 39.4 Å². The second-order valence-electron chi connectivity index (χ2n) is 5.59. The van der Waals surface area contributed by atoms with Crippen LogP contribution in [0.1, 0.15) is 36.9 Å². The Morgan fingerprint density at radius 2 is 2.16 bits per heavy atom. The first-order valence-corrected chi connectivity index (χ1v) is 7.95. The standard InChI is InChI=1S/C17H19N5O3/c1-4-14(15-19-11(3)25-22-15)21-17(23)20-13-7-5-6-12(8-13)16-18-9-10(2)24-16/h5-9,14H,4H2,1-3H3,(H2,20,21,23)/t14-/m1/s1. The van der Waals surface area contributed by atoms with Gasteiger partial charge in [-0.05, 0) is 31.5 Å². The molecule has 130 valence electrons. The van der Waals surface area contributed by atoms with E-state index < -0.39 is 0 Å². The number of nitrogens with zero attached hydrogens (tertiary/aromatic N) is 3. The van der Waals surface area contributed by atoms with Gasteiger partial charge in [-0.2, -0.15) is 4.98 Å². The lowest BCUT2D eigenvalue weighted by Gasteiger charge is -2.14. The number of aromatic nitrogens is 3. The van der Waals surface area contributed by atoms with Gasteiger partial charge in [-0.25, -0.2) is 9.78 Å². The Morgan fingerprint density at radius 3 is 2.80 bits per heavy atom. The Bertz CT molecular complexity index is 871. The number of aryl methyl sites for hydroxylation is 2. The van der Waals surface area contributed by atoms with Gasteiger partial charge < -0.3 is 19.6 Å². The van der Waals surface area contributed by atoms with E-state index in [1.165, 1.54) is 0 Å². The molecule has 0 radical (unpaired) electrons. The maximum Gasteiger partial charge on any atom is 0.319 e. The van der Waals surface area contributed by atoms with Crippen LogP contribution < -0.4 is 10.6 Å². The second kappa shape index (κ2) is 7.16. The number of hydrogen-bond acceptors (Lipinski definition) is 6. The molecule has 2 heterocycles. The van der Waals surface area contributed by atoms with E-state index in [0.717, 1.165) is 11.3 Å². The molecule has 8 nitrogen and oxygen atoms in total. The average molecular weight is 341 g/mol. The number of hydrogen-bond donors (Lipinski definition) is 2. The fraction of sp³-hybridized carbons (Fsp3) is 0.294. The van der Waals surface area contributed by atoms with Crippen LogP contribution in [0.4, 0.5) is 10.5 Å². The molecule has 3 aromatic rings. The molecule has 3 rings (SSSR count). The fourth-order valence-electron chi connectivity index (χ4n) is 2.35. The van der Waals surface area contributed by atoms with E-state index in [9.17, 15) is 4.79 Å². The van der Waals surface area contributed by atoms with E-state index in [1.807, 2.05) is 26.0 Å². The summed E-state index contributed by atoms with van der Waals surface area (Å²) in [4.78, 5) is 20.6. The highest BCUT2D eigenvalue weighted by atomic mass is 16.5. The summed E-state index contributed by atoms with van der Waals surface area (Å²) in [6.07, 6.45) is 2.29. The molecule has 0 aliphatic heterocycles. The molecule has 0 aliphatic rings. The third-order valence-corrected chi connectivity index (χ3v) is 3.56. The van der Waals surface area contributed by atoms with Gasteiger partial charge in [0.1, 0.15) is 5.76 Å². The Balaban J connectivity index is 1.68. The van der Waals surface area contributed by atoms with Crippen molar-refractivity contribution >= 4 is 11.7 Å². The SMILES string of the molecule is CC[C@@H](NC(=O)Nc1cccc(-c2ncc(C)o2)c1)c1noc(C)n1. The third-order valence-electron chi connectivity index (χ3n) is 3.56. The zero-order valence-corrected chi connectivity index (χ0v) is 14.2. The quantitative estimate of drug-likeness (QED) is 0.734. The Kier molecular flexibility index (Phi) is 4.78. The molecule has 0 fully saturated rings. The predicted molar refractivity (Wildman–Crippen MR) is 90.9 cm³/mol. The Morgan fingerprint density at radius 1 is 1.32 bits per heavy atom. The monoisotopic (exact) mass is 341 g/mol. The normalized spacial score (nSPS) is 12.0. The van der Waals surface area contributed by atoms with Crippen molar-refractivity contribution in [3.8, 4) is 11.5 Å². The number of nitrogens with one attached hydrogen (secondary N) is 2. The number of carbonyl (C=O) groups is 1. The zero-order chi connectivity index (χ0) is 17.8. The van der Waals surface area contributed by atoms with Crippen LogP contribution in [-0.2, 0) is 0 Å². The Hall–Kier alpha value is -3.16. The zero-order valence-electron chi connectivity index (χ0n) is 14.2. The molecule has 0 bridgehead atoms. The molecule has 0 unspecified atom stereocenters. The highest BCUT2D eigenvalue weighted by Crippen LogP contribution is 2.22. The van der Waals surface area contributed by atoms with Crippen LogP contribution >= 0.6 is 0 Å². The minimum atomic E-state index is -0.352. The predicted octanol–water partition coefficient (Wildman–Crippen LogP) is 3.61. The molecule has 8 heteroatoms. The number of oxazole rings is 1. The number of benzene rings is 1. The van der Waals surface area contributed by atoms with Crippen molar-refractivity contribution in [2.75, 3.05) is 5.32 Å². The maximum atomic E-state index is 12.3. The van der Waals surface area contributed by atoms with Crippen molar-refractivity contribution < 1.29 is 13.7 Å². The lowest BCUT2D eigenvalue weighted by atomic mass is 10.2. The summed E-state index contributed by atoms with van der Waals surface area (Å²) < 4.78 is 10.5. The summed E-state index contributed by atoms with van der Waals surface area (Å²) in [6.45, 7) is 5.47. The summed E-state index contributed by atoms with van der Waals surface area (Å²) in [6, 6.07) is 6.60. The van der Waals surface area contributed by atoms with Gasteiger partial charge in [0.2, 0.25) is 11.8 Å². The smallest absolute Gasteiger partial charge is 0.319 e. The van der Waals surface area contributed by atoms with Crippen LogP contribution in [0, 0.1) is 13.8 Å². The van der Waals surface area contributed by atoms with Gasteiger partial charge >= 0.3 is 6.03 Å². The lowest BCUT2D eigenvalue weighted by molar-refractivity contribution is 0.247. The van der Waals surface area contributed by atoms with Crippen LogP contribution in [-0.4, -0.2) is 21.2 Å². The largest absolute Gasteiger partial charge is 0.441 e. The molecule has 2 amide bonds. The molecule has 0 saturated carbocycles. The van der Waals surface area contributed by atoms with E-state index in [-0.39, 0.29) is 12.1 Å². The van der Waals surface area contributed by atoms with Gasteiger partial charge in [0, 0.05) is 18.2 Å². The average Bonchev–Trinajstić information content (AvgIpc) is 3.21. The van der Waals surface area contributed by atoms with Gasteiger partial charge in [0.05, 0.1) is 12.2 Å². The van der Waals surface area contributed by atoms with Crippen molar-refractivity contribution in [3.05, 3.63) is 47.9 Å². The molecule has 0 saturated heterocycles. The van der Waals surface area contributed by atoms with Crippen LogP contribution in [0.3, 0.4) is 0 Å². The summed E-state index contributed by atoms with van der Waals surface area (Å²) in [5.41, 5.74) is 1.41. The van der Waals surface area contributed by atoms with Crippen LogP contribution in [0.5, 0.6) is 0 Å². The number of amides is 2. The van der Waals surface area contributed by atoms with E-state index in [0.29, 0.717) is 29.7 Å². The van der Waals surface area contributed by atoms with Gasteiger partial charge in [0.15, 0.2) is 5.82 Å². The van der Waals surface area contributed by atoms with Crippen LogP contribution in [0.25, 0.3) is 11.5 Å². The van der Waals surface area contributed by atoms with E-state index in [1.54, 1.807) is 25.3 Å². The number of carbonyl (C=O) groups excluding carboxylic acids is 1. The molecule has 2 N–H and O–H groups in total. The first kappa shape index (κ1) is 16.7. The first-order chi connectivity index (χ1) is 12.0. The third kappa shape index (κ3) is 4.03. The van der Waals surface area contributed by atoms with E-state index in [4.69, 9.17) is 8.94 Å². The van der Waals surface area contributed by atoms with Gasteiger partial charge in [0.25, 0.3) is 0 Å². The Labute approximate surface area is 144 Å². The first-order valence-electron chi connectivity index (χ1n) is 7.95. The highest BCUT2D eigenvalue weighted by Gasteiger charge is 2.18. The van der Waals surface area contributed by atoms with E-state index >= 15 is 0 Å². The van der Waals surface area contributed by atoms with Crippen molar-refractivity contribution in [1.29, 1.82) is 0 Å². The molecule has 0 aliphatic carbocycles. The number of rotatable bonds is 5. The van der Waals surface area contributed by atoms with Gasteiger partial charge in [-0.1, -0.05) is 18.1 Å². The lowest BCUT2D eigenvalue weighted by Crippen LogP contribution is -2.32. The van der Waals surface area contributed by atoms with Gasteiger partial charge in [-0.15, -0.1) is 0 Å². The molecular weight excluding hydrogens is 322 g/mol. The summed E-state index contributed by atoms with van der Waals surface area (Å²) in [5, 5.41) is 9.48. The molecule has 1 atom stereocenters. The number of anilines is 1. The topological polar surface area (TPSA) is 106 Å². The van der Waals surface area contributed by atoms with Gasteiger partial charge in [-0.3, -0.25) is 0 Å². The summed E-state index contributed by atoms with van der Waals surface area (Å²) in [5.74, 6) is 2.16. The minimum absolute atomic E-state index is 0.324. The molecular formula is C17H19N5O3. The maximum absolute atomic E-state index is 12.3. The van der Waals surface area contributed by atoms with Crippen molar-refractivity contribution in [3.63, 3.8) is 0 Å². The van der Waals surface area contributed by atoms with Crippen molar-refractivity contribution in [1.82, 2.24) is 20.4 Å². The molecule has 25 heavy (non-hydrogen) atoms.